The first-order valence-electron chi connectivity index (χ1n) is 6.52. The highest BCUT2D eigenvalue weighted by atomic mass is 16.7. The summed E-state index contributed by atoms with van der Waals surface area (Å²) < 4.78 is 0. The molecule has 0 saturated carbocycles. The fourth-order valence-electron chi connectivity index (χ4n) is 2.32. The average Bonchev–Trinajstić information content (AvgIpc) is 2.99. The molecule has 1 fully saturated rings. The van der Waals surface area contributed by atoms with Crippen LogP contribution in [0.5, 0.6) is 5.75 Å². The highest BCUT2D eigenvalue weighted by Crippen LogP contribution is 2.20. The van der Waals surface area contributed by atoms with Gasteiger partial charge in [0, 0.05) is 0 Å². The molecule has 0 unspecified atom stereocenters. The number of carbonyl (C=O) groups excluding carboxylic acids is 1. The maximum absolute atomic E-state index is 11.8. The van der Waals surface area contributed by atoms with Crippen LogP contribution in [0.3, 0.4) is 0 Å². The molecule has 1 aliphatic heterocycles. The Bertz CT molecular complexity index is 591. The van der Waals surface area contributed by atoms with Crippen LogP contribution in [-0.2, 0) is 4.79 Å². The van der Waals surface area contributed by atoms with E-state index in [2.05, 4.69) is 10.8 Å². The molecule has 1 heterocycles. The maximum Gasteiger partial charge on any atom is 0.269 e. The third kappa shape index (κ3) is 2.69. The molecule has 0 bridgehead atoms. The smallest absolute Gasteiger partial charge is 0.269 e. The van der Waals surface area contributed by atoms with E-state index < -0.39 is 0 Å². The van der Waals surface area contributed by atoms with Gasteiger partial charge in [-0.25, -0.2) is 0 Å². The predicted octanol–water partition coefficient (Wildman–Crippen LogP) is 2.00. The molecule has 2 aromatic carbocycles. The Labute approximate surface area is 111 Å². The average molecular weight is 256 g/mol. The first-order chi connectivity index (χ1) is 9.33. The predicted molar refractivity (Wildman–Crippen MR) is 73.7 cm³/mol. The number of rotatable bonds is 3. The van der Waals surface area contributed by atoms with Crippen LogP contribution in [-0.4, -0.2) is 18.5 Å². The molecule has 0 spiro atoms. The number of carbonyl (C=O) groups is 1. The molecule has 2 aromatic rings. The lowest BCUT2D eigenvalue weighted by molar-refractivity contribution is -0.129. The summed E-state index contributed by atoms with van der Waals surface area (Å²) in [5, 5.41) is 5.37. The molecule has 4 nitrogen and oxygen atoms in total. The second kappa shape index (κ2) is 5.28. The van der Waals surface area contributed by atoms with Crippen molar-refractivity contribution < 1.29 is 9.63 Å². The van der Waals surface area contributed by atoms with Gasteiger partial charge in [-0.15, -0.1) is 0 Å². The van der Waals surface area contributed by atoms with Gasteiger partial charge in [-0.05, 0) is 42.3 Å². The largest absolute Gasteiger partial charge is 0.379 e. The molecular weight excluding hydrogens is 240 g/mol. The third-order valence-electron chi connectivity index (χ3n) is 3.37. The van der Waals surface area contributed by atoms with Gasteiger partial charge in [0.05, 0.1) is 6.04 Å². The summed E-state index contributed by atoms with van der Waals surface area (Å²) in [5.74, 6) is 0.538. The Morgan fingerprint density at radius 3 is 2.84 bits per heavy atom. The van der Waals surface area contributed by atoms with Crippen molar-refractivity contribution in [2.24, 2.45) is 0 Å². The van der Waals surface area contributed by atoms with Crippen LogP contribution in [0.25, 0.3) is 10.8 Å². The molecule has 3 rings (SSSR count). The quantitative estimate of drug-likeness (QED) is 0.826. The summed E-state index contributed by atoms with van der Waals surface area (Å²) in [5.41, 5.74) is 2.50. The number of benzene rings is 2. The lowest BCUT2D eigenvalue weighted by Crippen LogP contribution is -2.41. The van der Waals surface area contributed by atoms with Crippen molar-refractivity contribution in [3.63, 3.8) is 0 Å². The first-order valence-corrected chi connectivity index (χ1v) is 6.52. The summed E-state index contributed by atoms with van der Waals surface area (Å²) in [6.45, 7) is 0.897. The van der Waals surface area contributed by atoms with Crippen molar-refractivity contribution in [1.82, 2.24) is 10.8 Å². The van der Waals surface area contributed by atoms with E-state index in [0.29, 0.717) is 5.75 Å². The van der Waals surface area contributed by atoms with E-state index in [1.807, 2.05) is 42.5 Å². The standard InChI is InChI=1S/C15H16N2O2/c18-15(14-6-3-9-16-14)17-19-13-8-7-11-4-1-2-5-12(11)10-13/h1-2,4-5,7-8,10,14,16H,3,6,9H2,(H,17,18)/t14-/m0/s1. The SMILES string of the molecule is O=C(NOc1ccc2ccccc2c1)[C@@H]1CCCN1. The van der Waals surface area contributed by atoms with Gasteiger partial charge in [0.1, 0.15) is 0 Å². The number of hydrogen-bond donors (Lipinski definition) is 2. The number of fused-ring (bicyclic) bond motifs is 1. The fraction of sp³-hybridized carbons (Fsp3) is 0.267. The Kier molecular flexibility index (Phi) is 3.33. The molecule has 1 aliphatic rings. The van der Waals surface area contributed by atoms with Gasteiger partial charge in [0.15, 0.2) is 5.75 Å². The van der Waals surface area contributed by atoms with E-state index in [0.717, 1.165) is 30.2 Å². The van der Waals surface area contributed by atoms with Gasteiger partial charge in [0.2, 0.25) is 0 Å². The zero-order valence-electron chi connectivity index (χ0n) is 10.6. The topological polar surface area (TPSA) is 50.4 Å². The highest BCUT2D eigenvalue weighted by Gasteiger charge is 2.22. The second-order valence-electron chi connectivity index (χ2n) is 4.73. The normalized spacial score (nSPS) is 18.4. The van der Waals surface area contributed by atoms with Crippen LogP contribution in [0.15, 0.2) is 42.5 Å². The van der Waals surface area contributed by atoms with Gasteiger partial charge in [-0.2, -0.15) is 5.48 Å². The van der Waals surface area contributed by atoms with Gasteiger partial charge in [-0.1, -0.05) is 30.3 Å². The Hall–Kier alpha value is -2.07. The van der Waals surface area contributed by atoms with E-state index in [1.165, 1.54) is 0 Å². The van der Waals surface area contributed by atoms with Crippen LogP contribution in [0.2, 0.25) is 0 Å². The lowest BCUT2D eigenvalue weighted by atomic mass is 10.1. The Balaban J connectivity index is 1.66. The molecule has 1 atom stereocenters. The van der Waals surface area contributed by atoms with E-state index in [1.54, 1.807) is 0 Å². The van der Waals surface area contributed by atoms with Gasteiger partial charge in [-0.3, -0.25) is 4.79 Å². The minimum Gasteiger partial charge on any atom is -0.379 e. The van der Waals surface area contributed by atoms with Crippen molar-refractivity contribution in [3.8, 4) is 5.75 Å². The summed E-state index contributed by atoms with van der Waals surface area (Å²) in [7, 11) is 0. The molecule has 0 aliphatic carbocycles. The van der Waals surface area contributed by atoms with Crippen molar-refractivity contribution >= 4 is 16.7 Å². The highest BCUT2D eigenvalue weighted by molar-refractivity contribution is 5.84. The zero-order chi connectivity index (χ0) is 13.1. The van der Waals surface area contributed by atoms with Crippen molar-refractivity contribution in [1.29, 1.82) is 0 Å². The third-order valence-corrected chi connectivity index (χ3v) is 3.37. The maximum atomic E-state index is 11.8. The number of hydroxylamine groups is 1. The minimum atomic E-state index is -0.125. The number of nitrogens with one attached hydrogen (secondary N) is 2. The molecule has 1 amide bonds. The van der Waals surface area contributed by atoms with E-state index in [-0.39, 0.29) is 11.9 Å². The molecule has 2 N–H and O–H groups in total. The Morgan fingerprint density at radius 1 is 1.21 bits per heavy atom. The van der Waals surface area contributed by atoms with E-state index in [4.69, 9.17) is 4.84 Å². The summed E-state index contributed by atoms with van der Waals surface area (Å²) in [6, 6.07) is 13.7. The van der Waals surface area contributed by atoms with Crippen LogP contribution < -0.4 is 15.6 Å². The van der Waals surface area contributed by atoms with E-state index in [9.17, 15) is 4.79 Å². The van der Waals surface area contributed by atoms with Crippen molar-refractivity contribution in [3.05, 3.63) is 42.5 Å². The molecule has 98 valence electrons. The van der Waals surface area contributed by atoms with Crippen LogP contribution in [0.4, 0.5) is 0 Å². The fourth-order valence-corrected chi connectivity index (χ4v) is 2.32. The molecule has 0 aromatic heterocycles. The summed E-state index contributed by atoms with van der Waals surface area (Å²) >= 11 is 0. The van der Waals surface area contributed by atoms with E-state index >= 15 is 0 Å². The minimum absolute atomic E-state index is 0.106. The van der Waals surface area contributed by atoms with Crippen LogP contribution in [0, 0.1) is 0 Å². The molecule has 0 radical (unpaired) electrons. The zero-order valence-corrected chi connectivity index (χ0v) is 10.6. The molecule has 4 heteroatoms. The summed E-state index contributed by atoms with van der Waals surface area (Å²) in [6.07, 6.45) is 1.90. The molecule has 19 heavy (non-hydrogen) atoms. The van der Waals surface area contributed by atoms with Crippen molar-refractivity contribution in [2.45, 2.75) is 18.9 Å². The van der Waals surface area contributed by atoms with Gasteiger partial charge >= 0.3 is 0 Å². The number of hydrogen-bond acceptors (Lipinski definition) is 3. The van der Waals surface area contributed by atoms with Gasteiger partial charge < -0.3 is 10.2 Å². The van der Waals surface area contributed by atoms with Crippen LogP contribution in [0.1, 0.15) is 12.8 Å². The Morgan fingerprint density at radius 2 is 2.05 bits per heavy atom. The number of amides is 1. The van der Waals surface area contributed by atoms with Crippen molar-refractivity contribution in [2.75, 3.05) is 6.54 Å². The monoisotopic (exact) mass is 256 g/mol. The van der Waals surface area contributed by atoms with Crippen LogP contribution >= 0.6 is 0 Å². The summed E-state index contributed by atoms with van der Waals surface area (Å²) in [4.78, 5) is 17.1. The molecular formula is C15H16N2O2. The molecule has 1 saturated heterocycles. The first kappa shape index (κ1) is 12.0. The lowest BCUT2D eigenvalue weighted by Gasteiger charge is -2.11. The second-order valence-corrected chi connectivity index (χ2v) is 4.73. The van der Waals surface area contributed by atoms with Gasteiger partial charge in [0.25, 0.3) is 5.91 Å².